The summed E-state index contributed by atoms with van der Waals surface area (Å²) in [5.41, 5.74) is 4.56. The standard InChI is InChI=1S/C23H24ClNO3S/c1-5-28-22(27)20-12(2)17-18(13-6-8-14(24)9-7-13)19-15(25-21(17)29-20)10-23(3,4)11-16(19)26/h6-9,18,25H,5,10-11H2,1-4H3. The van der Waals surface area contributed by atoms with Crippen molar-refractivity contribution < 1.29 is 14.3 Å². The fourth-order valence-electron chi connectivity index (χ4n) is 4.41. The molecular formula is C23H24ClNO3S. The van der Waals surface area contributed by atoms with Crippen LogP contribution in [0.2, 0.25) is 5.02 Å². The fraction of sp³-hybridized carbons (Fsp3) is 0.391. The number of carbonyl (C=O) groups excluding carboxylic acids is 2. The molecule has 152 valence electrons. The van der Waals surface area contributed by atoms with Crippen LogP contribution in [0.15, 0.2) is 35.5 Å². The second-order valence-electron chi connectivity index (χ2n) is 8.46. The Morgan fingerprint density at radius 2 is 1.97 bits per heavy atom. The number of thiophene rings is 1. The number of hydrogen-bond acceptors (Lipinski definition) is 5. The number of ether oxygens (including phenoxy) is 1. The van der Waals surface area contributed by atoms with Crippen LogP contribution in [0.1, 0.15) is 65.9 Å². The van der Waals surface area contributed by atoms with Gasteiger partial charge in [-0.25, -0.2) is 4.79 Å². The van der Waals surface area contributed by atoms with Crippen LogP contribution in [0, 0.1) is 12.3 Å². The Morgan fingerprint density at radius 3 is 2.62 bits per heavy atom. The van der Waals surface area contributed by atoms with Crippen molar-refractivity contribution in [3.8, 4) is 0 Å². The van der Waals surface area contributed by atoms with Gasteiger partial charge in [-0.3, -0.25) is 4.79 Å². The molecule has 29 heavy (non-hydrogen) atoms. The van der Waals surface area contributed by atoms with Crippen molar-refractivity contribution in [1.82, 2.24) is 0 Å². The van der Waals surface area contributed by atoms with Crippen LogP contribution < -0.4 is 5.32 Å². The van der Waals surface area contributed by atoms with Crippen molar-refractivity contribution in [2.24, 2.45) is 5.41 Å². The van der Waals surface area contributed by atoms with E-state index in [0.717, 1.165) is 39.4 Å². The number of benzene rings is 1. The number of nitrogens with one attached hydrogen (secondary N) is 1. The van der Waals surface area contributed by atoms with Crippen molar-refractivity contribution in [2.45, 2.75) is 46.5 Å². The molecule has 1 atom stereocenters. The SMILES string of the molecule is CCOC(=O)c1sc2c(c1C)C(c1ccc(Cl)cc1)C1=C(CC(C)(C)CC1=O)N2. The summed E-state index contributed by atoms with van der Waals surface area (Å²) < 4.78 is 5.26. The highest BCUT2D eigenvalue weighted by molar-refractivity contribution is 7.18. The van der Waals surface area contributed by atoms with E-state index in [1.807, 2.05) is 31.2 Å². The van der Waals surface area contributed by atoms with E-state index in [1.165, 1.54) is 11.3 Å². The van der Waals surface area contributed by atoms with Crippen LogP contribution in [0.4, 0.5) is 5.00 Å². The minimum atomic E-state index is -0.314. The minimum Gasteiger partial charge on any atom is -0.462 e. The third-order valence-corrected chi connectivity index (χ3v) is 7.07. The van der Waals surface area contributed by atoms with Crippen LogP contribution in [0.5, 0.6) is 0 Å². The number of Topliss-reactive ketones (excluding diaryl/α,β-unsaturated/α-hetero) is 1. The first-order valence-electron chi connectivity index (χ1n) is 9.81. The van der Waals surface area contributed by atoms with Gasteiger partial charge in [0.2, 0.25) is 0 Å². The topological polar surface area (TPSA) is 55.4 Å². The Balaban J connectivity index is 1.92. The van der Waals surface area contributed by atoms with Gasteiger partial charge in [0.15, 0.2) is 5.78 Å². The van der Waals surface area contributed by atoms with E-state index in [-0.39, 0.29) is 23.1 Å². The predicted molar refractivity (Wildman–Crippen MR) is 117 cm³/mol. The molecule has 6 heteroatoms. The Kier molecular flexibility index (Phi) is 5.07. The van der Waals surface area contributed by atoms with E-state index in [4.69, 9.17) is 16.3 Å². The van der Waals surface area contributed by atoms with Crippen molar-refractivity contribution in [3.05, 3.63) is 62.1 Å². The first-order valence-corrected chi connectivity index (χ1v) is 11.0. The van der Waals surface area contributed by atoms with Crippen LogP contribution in [-0.4, -0.2) is 18.4 Å². The van der Waals surface area contributed by atoms with Crippen LogP contribution >= 0.6 is 22.9 Å². The van der Waals surface area contributed by atoms with Gasteiger partial charge in [0.25, 0.3) is 0 Å². The quantitative estimate of drug-likeness (QED) is 0.600. The number of anilines is 1. The van der Waals surface area contributed by atoms with E-state index in [0.29, 0.717) is 22.9 Å². The van der Waals surface area contributed by atoms with E-state index < -0.39 is 0 Å². The molecule has 1 N–H and O–H groups in total. The molecule has 1 aliphatic heterocycles. The van der Waals surface area contributed by atoms with Crippen molar-refractivity contribution in [2.75, 3.05) is 11.9 Å². The molecule has 0 fully saturated rings. The lowest BCUT2D eigenvalue weighted by atomic mass is 9.69. The third kappa shape index (κ3) is 3.51. The maximum absolute atomic E-state index is 13.2. The van der Waals surface area contributed by atoms with Gasteiger partial charge in [0, 0.05) is 34.2 Å². The number of rotatable bonds is 3. The van der Waals surface area contributed by atoms with Gasteiger partial charge < -0.3 is 10.1 Å². The highest BCUT2D eigenvalue weighted by atomic mass is 35.5. The van der Waals surface area contributed by atoms with Crippen molar-refractivity contribution >= 4 is 39.7 Å². The molecule has 2 aliphatic rings. The molecule has 1 aliphatic carbocycles. The average molecular weight is 430 g/mol. The average Bonchev–Trinajstić information content (AvgIpc) is 2.96. The summed E-state index contributed by atoms with van der Waals surface area (Å²) in [4.78, 5) is 26.4. The molecule has 0 amide bonds. The van der Waals surface area contributed by atoms with E-state index >= 15 is 0 Å². The largest absolute Gasteiger partial charge is 0.462 e. The lowest BCUT2D eigenvalue weighted by Gasteiger charge is -2.38. The summed E-state index contributed by atoms with van der Waals surface area (Å²) in [7, 11) is 0. The zero-order valence-corrected chi connectivity index (χ0v) is 18.6. The Hall–Kier alpha value is -2.11. The molecule has 0 radical (unpaired) electrons. The van der Waals surface area contributed by atoms with E-state index in [2.05, 4.69) is 19.2 Å². The molecule has 0 spiro atoms. The van der Waals surface area contributed by atoms with E-state index in [9.17, 15) is 9.59 Å². The van der Waals surface area contributed by atoms with Crippen LogP contribution in [0.3, 0.4) is 0 Å². The summed E-state index contributed by atoms with van der Waals surface area (Å²) in [6.45, 7) is 8.31. The number of halogens is 1. The zero-order valence-electron chi connectivity index (χ0n) is 17.0. The summed E-state index contributed by atoms with van der Waals surface area (Å²) in [6.07, 6.45) is 1.31. The number of esters is 1. The van der Waals surface area contributed by atoms with Gasteiger partial charge in [0.05, 0.1) is 11.6 Å². The van der Waals surface area contributed by atoms with E-state index in [1.54, 1.807) is 6.92 Å². The van der Waals surface area contributed by atoms with Gasteiger partial charge in [-0.1, -0.05) is 37.6 Å². The number of carbonyl (C=O) groups is 2. The van der Waals surface area contributed by atoms with Crippen molar-refractivity contribution in [1.29, 1.82) is 0 Å². The second kappa shape index (κ2) is 7.29. The lowest BCUT2D eigenvalue weighted by molar-refractivity contribution is -0.118. The van der Waals surface area contributed by atoms with Gasteiger partial charge in [-0.15, -0.1) is 11.3 Å². The molecule has 2 aromatic rings. The number of hydrogen-bond donors (Lipinski definition) is 1. The molecular weight excluding hydrogens is 406 g/mol. The van der Waals surface area contributed by atoms with Gasteiger partial charge in [-0.2, -0.15) is 0 Å². The van der Waals surface area contributed by atoms with Crippen LogP contribution in [-0.2, 0) is 9.53 Å². The first-order chi connectivity index (χ1) is 13.7. The number of allylic oxidation sites excluding steroid dienone is 2. The summed E-state index contributed by atoms with van der Waals surface area (Å²) in [5, 5.41) is 5.08. The molecule has 4 nitrogen and oxygen atoms in total. The maximum atomic E-state index is 13.2. The summed E-state index contributed by atoms with van der Waals surface area (Å²) >= 11 is 7.53. The maximum Gasteiger partial charge on any atom is 0.348 e. The normalized spacial score (nSPS) is 20.0. The fourth-order valence-corrected chi connectivity index (χ4v) is 5.70. The molecule has 1 aromatic carbocycles. The highest BCUT2D eigenvalue weighted by Gasteiger charge is 2.42. The number of fused-ring (bicyclic) bond motifs is 1. The minimum absolute atomic E-state index is 0.0960. The Morgan fingerprint density at radius 1 is 1.28 bits per heavy atom. The Bertz CT molecular complexity index is 1030. The van der Waals surface area contributed by atoms with Gasteiger partial charge >= 0.3 is 5.97 Å². The lowest BCUT2D eigenvalue weighted by Crippen LogP contribution is -2.33. The zero-order chi connectivity index (χ0) is 20.9. The van der Waals surface area contributed by atoms with Crippen LogP contribution in [0.25, 0.3) is 0 Å². The predicted octanol–water partition coefficient (Wildman–Crippen LogP) is 6.09. The first kappa shape index (κ1) is 20.2. The van der Waals surface area contributed by atoms with Crippen molar-refractivity contribution in [3.63, 3.8) is 0 Å². The second-order valence-corrected chi connectivity index (χ2v) is 9.92. The Labute approximate surface area is 179 Å². The molecule has 1 unspecified atom stereocenters. The highest BCUT2D eigenvalue weighted by Crippen LogP contribution is 2.53. The third-order valence-electron chi connectivity index (χ3n) is 5.62. The molecule has 0 bridgehead atoms. The monoisotopic (exact) mass is 429 g/mol. The molecule has 0 saturated carbocycles. The smallest absolute Gasteiger partial charge is 0.348 e. The number of ketones is 1. The van der Waals surface area contributed by atoms with Gasteiger partial charge in [-0.05, 0) is 48.9 Å². The summed E-state index contributed by atoms with van der Waals surface area (Å²) in [6, 6.07) is 7.65. The molecule has 0 saturated heterocycles. The summed E-state index contributed by atoms with van der Waals surface area (Å²) in [5.74, 6) is -0.357. The molecule has 4 rings (SSSR count). The molecule has 2 heterocycles. The van der Waals surface area contributed by atoms with Gasteiger partial charge in [0.1, 0.15) is 4.88 Å². The molecule has 1 aromatic heterocycles.